The van der Waals surface area contributed by atoms with E-state index in [1.54, 1.807) is 0 Å². The summed E-state index contributed by atoms with van der Waals surface area (Å²) in [4.78, 5) is 65.8. The first-order valence-electron chi connectivity index (χ1n) is 27.6. The molecule has 394 valence electrons. The molecule has 1 rings (SSSR count). The molecule has 0 radical (unpaired) electrons. The molecule has 0 heterocycles. The van der Waals surface area contributed by atoms with E-state index >= 15 is 0 Å². The largest absolute Gasteiger partial charge is 0.465 e. The van der Waals surface area contributed by atoms with Gasteiger partial charge in [-0.1, -0.05) is 135 Å². The number of esters is 5. The Morgan fingerprint density at radius 2 is 0.824 bits per heavy atom. The Morgan fingerprint density at radius 1 is 0.456 bits per heavy atom. The predicted molar refractivity (Wildman–Crippen MR) is 272 cm³/mol. The quantitative estimate of drug-likeness (QED) is 0.0267. The van der Waals surface area contributed by atoms with Crippen LogP contribution in [0.2, 0.25) is 0 Å². The van der Waals surface area contributed by atoms with E-state index in [9.17, 15) is 29.1 Å². The normalized spacial score (nSPS) is 13.3. The molecule has 1 aliphatic carbocycles. The first-order chi connectivity index (χ1) is 33.2. The molecule has 12 nitrogen and oxygen atoms in total. The third kappa shape index (κ3) is 38.6. The van der Waals surface area contributed by atoms with Crippen LogP contribution in [0.5, 0.6) is 0 Å². The van der Waals surface area contributed by atoms with E-state index in [4.69, 9.17) is 23.7 Å². The zero-order valence-corrected chi connectivity index (χ0v) is 43.5. The second-order valence-corrected chi connectivity index (χ2v) is 19.1. The van der Waals surface area contributed by atoms with Crippen LogP contribution in [0.15, 0.2) is 24.3 Å². The minimum Gasteiger partial charge on any atom is -0.465 e. The highest BCUT2D eigenvalue weighted by Crippen LogP contribution is 2.25. The lowest BCUT2D eigenvalue weighted by molar-refractivity contribution is -0.155. The van der Waals surface area contributed by atoms with Crippen LogP contribution in [0.25, 0.3) is 0 Å². The summed E-state index contributed by atoms with van der Waals surface area (Å²) in [7, 11) is 0. The van der Waals surface area contributed by atoms with Gasteiger partial charge in [-0.15, -0.1) is 0 Å². The van der Waals surface area contributed by atoms with Crippen LogP contribution in [0.4, 0.5) is 0 Å². The van der Waals surface area contributed by atoms with Crippen LogP contribution in [0.3, 0.4) is 0 Å². The summed E-state index contributed by atoms with van der Waals surface area (Å²) in [5.74, 6) is -2.42. The highest BCUT2D eigenvalue weighted by Gasteiger charge is 2.24. The zero-order chi connectivity index (χ0) is 49.6. The summed E-state index contributed by atoms with van der Waals surface area (Å²) in [5.41, 5.74) is 0. The summed E-state index contributed by atoms with van der Waals surface area (Å²) in [5, 5.41) is 9.47. The van der Waals surface area contributed by atoms with E-state index in [2.05, 4.69) is 50.0 Å². The molecule has 0 aromatic carbocycles. The fourth-order valence-corrected chi connectivity index (χ4v) is 8.08. The molecule has 0 aromatic heterocycles. The third-order valence-electron chi connectivity index (χ3n) is 12.7. The standard InChI is InChI=1S/C56H99NO11/c1-4-7-10-13-14-15-16-17-18-19-20-21-22-25-28-38-54(61)66-46-50(47-67-55(62)39-29-30-41-57(42-43-58)51-34-32-35-51)48-68-56(63)40-31-33-49(44-64-52(59)36-26-23-11-8-5-2)45-65-53(60)37-27-24-12-9-6-3/h14-15,17-18,49-51,58H,4-13,16,19-48H2,1-3H3/b15-14-,18-17-. The molecule has 0 aliphatic heterocycles. The van der Waals surface area contributed by atoms with Crippen LogP contribution >= 0.6 is 0 Å². The first-order valence-corrected chi connectivity index (χ1v) is 27.6. The molecule has 1 saturated carbocycles. The summed E-state index contributed by atoms with van der Waals surface area (Å²) in [6, 6.07) is 0.524. The Bertz CT molecular complexity index is 1290. The van der Waals surface area contributed by atoms with E-state index in [0.29, 0.717) is 51.1 Å². The van der Waals surface area contributed by atoms with Crippen LogP contribution in [-0.4, -0.2) is 98.6 Å². The molecule has 0 spiro atoms. The number of ether oxygens (including phenoxy) is 5. The Kier molecular flexibility index (Phi) is 42.6. The second-order valence-electron chi connectivity index (χ2n) is 19.1. The van der Waals surface area contributed by atoms with Gasteiger partial charge in [0.05, 0.1) is 25.7 Å². The van der Waals surface area contributed by atoms with Crippen molar-refractivity contribution in [3.63, 3.8) is 0 Å². The maximum Gasteiger partial charge on any atom is 0.305 e. The minimum absolute atomic E-state index is 0.0345. The zero-order valence-electron chi connectivity index (χ0n) is 43.5. The highest BCUT2D eigenvalue weighted by atomic mass is 16.6. The number of unbranched alkanes of at least 4 members (excludes halogenated alkanes) is 17. The number of aliphatic hydroxyl groups excluding tert-OH is 1. The predicted octanol–water partition coefficient (Wildman–Crippen LogP) is 12.7. The molecule has 0 aromatic rings. The Balaban J connectivity index is 2.62. The molecule has 1 unspecified atom stereocenters. The average Bonchev–Trinajstić information content (AvgIpc) is 3.31. The lowest BCUT2D eigenvalue weighted by atomic mass is 9.91. The number of carbonyl (C=O) groups excluding carboxylic acids is 5. The van der Waals surface area contributed by atoms with Crippen molar-refractivity contribution in [2.24, 2.45) is 11.8 Å². The number of rotatable bonds is 48. The van der Waals surface area contributed by atoms with Crippen molar-refractivity contribution in [2.75, 3.05) is 52.7 Å². The first kappa shape index (κ1) is 62.8. The van der Waals surface area contributed by atoms with Crippen LogP contribution in [-0.2, 0) is 47.7 Å². The van der Waals surface area contributed by atoms with E-state index < -0.39 is 11.9 Å². The lowest BCUT2D eigenvalue weighted by Crippen LogP contribution is -2.42. The van der Waals surface area contributed by atoms with E-state index in [1.807, 2.05) is 0 Å². The van der Waals surface area contributed by atoms with Crippen molar-refractivity contribution >= 4 is 29.8 Å². The smallest absolute Gasteiger partial charge is 0.305 e. The van der Waals surface area contributed by atoms with Gasteiger partial charge >= 0.3 is 29.8 Å². The van der Waals surface area contributed by atoms with E-state index in [1.165, 1.54) is 32.1 Å². The molecule has 68 heavy (non-hydrogen) atoms. The number of allylic oxidation sites excluding steroid dienone is 4. The van der Waals surface area contributed by atoms with Crippen molar-refractivity contribution in [1.82, 2.24) is 4.90 Å². The van der Waals surface area contributed by atoms with Gasteiger partial charge in [0.25, 0.3) is 0 Å². The van der Waals surface area contributed by atoms with Crippen LogP contribution < -0.4 is 0 Å². The molecular formula is C56H99NO11. The number of carbonyl (C=O) groups is 5. The van der Waals surface area contributed by atoms with Gasteiger partial charge in [0.1, 0.15) is 19.8 Å². The number of hydrogen-bond acceptors (Lipinski definition) is 12. The van der Waals surface area contributed by atoms with Crippen molar-refractivity contribution in [3.05, 3.63) is 24.3 Å². The highest BCUT2D eigenvalue weighted by molar-refractivity contribution is 5.71. The second kappa shape index (κ2) is 46.2. The molecule has 0 saturated heterocycles. The maximum absolute atomic E-state index is 13.0. The van der Waals surface area contributed by atoms with E-state index in [-0.39, 0.29) is 82.3 Å². The molecule has 1 aliphatic rings. The van der Waals surface area contributed by atoms with E-state index in [0.717, 1.165) is 135 Å². The monoisotopic (exact) mass is 962 g/mol. The molecule has 1 fully saturated rings. The maximum atomic E-state index is 13.0. The number of hydrogen-bond donors (Lipinski definition) is 1. The third-order valence-corrected chi connectivity index (χ3v) is 12.7. The molecule has 0 amide bonds. The van der Waals surface area contributed by atoms with Gasteiger partial charge in [-0.25, -0.2) is 0 Å². The summed E-state index contributed by atoms with van der Waals surface area (Å²) < 4.78 is 28.1. The molecule has 1 atom stereocenters. The summed E-state index contributed by atoms with van der Waals surface area (Å²) >= 11 is 0. The van der Waals surface area contributed by atoms with Gasteiger partial charge in [0.2, 0.25) is 0 Å². The molecule has 1 N–H and O–H groups in total. The van der Waals surface area contributed by atoms with Crippen LogP contribution in [0.1, 0.15) is 233 Å². The Morgan fingerprint density at radius 3 is 1.25 bits per heavy atom. The Hall–Kier alpha value is -3.25. The van der Waals surface area contributed by atoms with Gasteiger partial charge in [0.15, 0.2) is 0 Å². The number of nitrogens with zero attached hydrogens (tertiary/aromatic N) is 1. The van der Waals surface area contributed by atoms with Gasteiger partial charge < -0.3 is 28.8 Å². The molecular weight excluding hydrogens is 863 g/mol. The van der Waals surface area contributed by atoms with Crippen molar-refractivity contribution < 1.29 is 52.8 Å². The number of aliphatic hydroxyl groups is 1. The van der Waals surface area contributed by atoms with Crippen molar-refractivity contribution in [1.29, 1.82) is 0 Å². The summed E-state index contributed by atoms with van der Waals surface area (Å²) in [6.07, 6.45) is 38.6. The van der Waals surface area contributed by atoms with Gasteiger partial charge in [-0.2, -0.15) is 0 Å². The summed E-state index contributed by atoms with van der Waals surface area (Å²) in [6.45, 7) is 8.20. The van der Waals surface area contributed by atoms with Crippen LogP contribution in [0, 0.1) is 11.8 Å². The molecule has 12 heteroatoms. The van der Waals surface area contributed by atoms with Gasteiger partial charge in [0, 0.05) is 50.6 Å². The van der Waals surface area contributed by atoms with Crippen molar-refractivity contribution in [3.8, 4) is 0 Å². The minimum atomic E-state index is -0.523. The molecule has 0 bridgehead atoms. The van der Waals surface area contributed by atoms with Crippen molar-refractivity contribution in [2.45, 2.75) is 239 Å². The van der Waals surface area contributed by atoms with Gasteiger partial charge in [-0.05, 0) is 96.4 Å². The average molecular weight is 962 g/mol. The lowest BCUT2D eigenvalue weighted by Gasteiger charge is -2.37. The topological polar surface area (TPSA) is 155 Å². The fraction of sp³-hybridized carbons (Fsp3) is 0.839. The Labute approximate surface area is 413 Å². The SMILES string of the molecule is CCCCC/C=C\C/C=C\CCCCCCCC(=O)OCC(COC(=O)CCCCN(CCO)C1CCC1)COC(=O)CCCC(COC(=O)CCCCCCC)COC(=O)CCCCCCC. The van der Waals surface area contributed by atoms with Gasteiger partial charge in [-0.3, -0.25) is 28.9 Å². The fourth-order valence-electron chi connectivity index (χ4n) is 8.08.